The number of aromatic nitrogens is 5. The van der Waals surface area contributed by atoms with Gasteiger partial charge in [0.25, 0.3) is 0 Å². The van der Waals surface area contributed by atoms with Gasteiger partial charge in [-0.15, -0.1) is 20.4 Å². The van der Waals surface area contributed by atoms with Crippen LogP contribution in [0.4, 0.5) is 0 Å². The third-order valence-corrected chi connectivity index (χ3v) is 6.71. The van der Waals surface area contributed by atoms with Crippen LogP contribution in [0.25, 0.3) is 28.5 Å². The molecule has 0 radical (unpaired) electrons. The minimum atomic E-state index is -0.151. The predicted octanol–water partition coefficient (Wildman–Crippen LogP) is 6.16. The van der Waals surface area contributed by atoms with Gasteiger partial charge in [0.05, 0.1) is 19.5 Å². The Kier molecular flexibility index (Phi) is 6.73. The lowest BCUT2D eigenvalue weighted by atomic mass is 10.2. The number of nitrogens with zero attached hydrogens (tertiary/aromatic N) is 5. The maximum absolute atomic E-state index is 6.00. The van der Waals surface area contributed by atoms with E-state index < -0.39 is 0 Å². The fraction of sp³-hybridized carbons (Fsp3) is 0.185. The van der Waals surface area contributed by atoms with Crippen molar-refractivity contribution in [2.45, 2.75) is 24.3 Å². The molecule has 1 atom stereocenters. The molecule has 9 heteroatoms. The summed E-state index contributed by atoms with van der Waals surface area (Å²) >= 11 is 1.51. The molecule has 1 unspecified atom stereocenters. The fourth-order valence-electron chi connectivity index (χ4n) is 3.66. The first-order valence-electron chi connectivity index (χ1n) is 11.4. The van der Waals surface area contributed by atoms with Crippen LogP contribution in [0.1, 0.15) is 23.6 Å². The molecule has 0 saturated heterocycles. The van der Waals surface area contributed by atoms with Crippen LogP contribution >= 0.6 is 11.8 Å². The third-order valence-electron chi connectivity index (χ3n) is 5.68. The second kappa shape index (κ2) is 10.2. The van der Waals surface area contributed by atoms with E-state index in [0.29, 0.717) is 11.8 Å². The normalized spacial score (nSPS) is 11.9. The molecular weight excluding hydrogens is 474 g/mol. The van der Waals surface area contributed by atoms with Gasteiger partial charge in [0.1, 0.15) is 11.5 Å². The summed E-state index contributed by atoms with van der Waals surface area (Å²) in [7, 11) is 3.28. The van der Waals surface area contributed by atoms with Crippen molar-refractivity contribution in [2.24, 2.45) is 0 Å². The quantitative estimate of drug-likeness (QED) is 0.235. The average Bonchev–Trinajstić information content (AvgIpc) is 3.57. The Hall–Kier alpha value is -4.11. The summed E-state index contributed by atoms with van der Waals surface area (Å²) in [6.07, 6.45) is 0. The molecule has 36 heavy (non-hydrogen) atoms. The van der Waals surface area contributed by atoms with E-state index in [-0.39, 0.29) is 5.25 Å². The van der Waals surface area contributed by atoms with Crippen LogP contribution in [0.2, 0.25) is 0 Å². The van der Waals surface area contributed by atoms with Crippen molar-refractivity contribution < 1.29 is 13.9 Å². The number of benzene rings is 3. The SMILES string of the molecule is COc1ccc(-c2nnc(C(C)Sc3nnc(-c4ccc(OC)cc4)n3-c3ccc(C)cc3)o2)cc1. The van der Waals surface area contributed by atoms with Gasteiger partial charge >= 0.3 is 0 Å². The number of thioether (sulfide) groups is 1. The molecule has 0 fully saturated rings. The summed E-state index contributed by atoms with van der Waals surface area (Å²) in [5, 5.41) is 18.2. The van der Waals surface area contributed by atoms with Gasteiger partial charge in [-0.3, -0.25) is 4.57 Å². The van der Waals surface area contributed by atoms with Crippen molar-refractivity contribution in [1.82, 2.24) is 25.0 Å². The molecule has 0 saturated carbocycles. The van der Waals surface area contributed by atoms with Gasteiger partial charge in [0.15, 0.2) is 11.0 Å². The van der Waals surface area contributed by atoms with Crippen molar-refractivity contribution in [3.05, 3.63) is 84.3 Å². The molecule has 0 amide bonds. The first-order chi connectivity index (χ1) is 17.6. The van der Waals surface area contributed by atoms with Crippen molar-refractivity contribution >= 4 is 11.8 Å². The molecule has 3 aromatic carbocycles. The van der Waals surface area contributed by atoms with E-state index in [4.69, 9.17) is 13.9 Å². The molecule has 5 aromatic rings. The summed E-state index contributed by atoms with van der Waals surface area (Å²) in [5.74, 6) is 3.26. The van der Waals surface area contributed by atoms with Gasteiger partial charge in [-0.25, -0.2) is 0 Å². The van der Waals surface area contributed by atoms with Crippen molar-refractivity contribution in [1.29, 1.82) is 0 Å². The van der Waals surface area contributed by atoms with Gasteiger partial charge in [-0.2, -0.15) is 0 Å². The first-order valence-corrected chi connectivity index (χ1v) is 12.2. The van der Waals surface area contributed by atoms with Gasteiger partial charge < -0.3 is 13.9 Å². The fourth-order valence-corrected chi connectivity index (χ4v) is 4.56. The summed E-state index contributed by atoms with van der Waals surface area (Å²) in [4.78, 5) is 0. The highest BCUT2D eigenvalue weighted by atomic mass is 32.2. The molecule has 2 aromatic heterocycles. The zero-order valence-corrected chi connectivity index (χ0v) is 21.2. The summed E-state index contributed by atoms with van der Waals surface area (Å²) < 4.78 is 18.6. The smallest absolute Gasteiger partial charge is 0.247 e. The van der Waals surface area contributed by atoms with Crippen LogP contribution in [0, 0.1) is 6.92 Å². The van der Waals surface area contributed by atoms with Crippen LogP contribution in [0.15, 0.2) is 82.4 Å². The van der Waals surface area contributed by atoms with Crippen molar-refractivity contribution in [3.63, 3.8) is 0 Å². The Morgan fingerprint density at radius 2 is 1.36 bits per heavy atom. The molecule has 5 rings (SSSR count). The minimum Gasteiger partial charge on any atom is -0.497 e. The van der Waals surface area contributed by atoms with Crippen molar-refractivity contribution in [2.75, 3.05) is 14.2 Å². The Labute approximate surface area is 213 Å². The number of hydrogen-bond acceptors (Lipinski definition) is 8. The first kappa shape index (κ1) is 23.6. The second-order valence-corrected chi connectivity index (χ2v) is 9.45. The van der Waals surface area contributed by atoms with Gasteiger partial charge in [0.2, 0.25) is 11.8 Å². The molecule has 2 heterocycles. The highest BCUT2D eigenvalue weighted by Crippen LogP contribution is 2.37. The Bertz CT molecular complexity index is 1440. The summed E-state index contributed by atoms with van der Waals surface area (Å²) in [5.41, 5.74) is 3.91. The van der Waals surface area contributed by atoms with Crippen LogP contribution in [-0.4, -0.2) is 39.2 Å². The maximum Gasteiger partial charge on any atom is 0.247 e. The number of ether oxygens (including phenoxy) is 2. The molecular formula is C27H25N5O3S. The second-order valence-electron chi connectivity index (χ2n) is 8.14. The molecule has 0 spiro atoms. The number of rotatable bonds is 8. The van der Waals surface area contributed by atoms with E-state index in [2.05, 4.69) is 51.6 Å². The van der Waals surface area contributed by atoms with Gasteiger partial charge in [-0.1, -0.05) is 29.5 Å². The summed E-state index contributed by atoms with van der Waals surface area (Å²) in [6.45, 7) is 4.07. The largest absolute Gasteiger partial charge is 0.497 e. The zero-order chi connectivity index (χ0) is 25.1. The molecule has 0 aliphatic heterocycles. The molecule has 0 bridgehead atoms. The molecule has 0 aliphatic carbocycles. The lowest BCUT2D eigenvalue weighted by Crippen LogP contribution is -2.01. The predicted molar refractivity (Wildman–Crippen MR) is 139 cm³/mol. The standard InChI is InChI=1S/C27H25N5O3S/c1-17-5-11-21(12-6-17)32-24(19-7-13-22(33-3)14-8-19)28-31-27(32)36-18(2)25-29-30-26(35-25)20-9-15-23(34-4)16-10-20/h5-16,18H,1-4H3. The molecule has 8 nitrogen and oxygen atoms in total. The van der Waals surface area contributed by atoms with Crippen LogP contribution in [-0.2, 0) is 0 Å². The van der Waals surface area contributed by atoms with Gasteiger partial charge in [-0.05, 0) is 74.5 Å². The number of hydrogen-bond donors (Lipinski definition) is 0. The topological polar surface area (TPSA) is 88.1 Å². The van der Waals surface area contributed by atoms with Crippen LogP contribution in [0.3, 0.4) is 0 Å². The summed E-state index contributed by atoms with van der Waals surface area (Å²) in [6, 6.07) is 23.6. The zero-order valence-electron chi connectivity index (χ0n) is 20.4. The Morgan fingerprint density at radius 1 is 0.750 bits per heavy atom. The number of methoxy groups -OCH3 is 2. The van der Waals surface area contributed by atoms with Crippen LogP contribution < -0.4 is 9.47 Å². The van der Waals surface area contributed by atoms with E-state index in [1.807, 2.05) is 60.0 Å². The molecule has 0 N–H and O–H groups in total. The Morgan fingerprint density at radius 3 is 1.97 bits per heavy atom. The lowest BCUT2D eigenvalue weighted by Gasteiger charge is -2.12. The average molecular weight is 500 g/mol. The highest BCUT2D eigenvalue weighted by Gasteiger charge is 2.22. The molecule has 0 aliphatic rings. The highest BCUT2D eigenvalue weighted by molar-refractivity contribution is 7.99. The molecule has 182 valence electrons. The van der Waals surface area contributed by atoms with Crippen LogP contribution in [0.5, 0.6) is 11.5 Å². The monoisotopic (exact) mass is 499 g/mol. The number of aryl methyl sites for hydroxylation is 1. The third kappa shape index (κ3) is 4.83. The van der Waals surface area contributed by atoms with E-state index in [1.54, 1.807) is 14.2 Å². The van der Waals surface area contributed by atoms with E-state index >= 15 is 0 Å². The van der Waals surface area contributed by atoms with Gasteiger partial charge in [0, 0.05) is 16.8 Å². The Balaban J connectivity index is 1.46. The van der Waals surface area contributed by atoms with Crippen molar-refractivity contribution in [3.8, 4) is 40.0 Å². The van der Waals surface area contributed by atoms with E-state index in [1.165, 1.54) is 17.3 Å². The van der Waals surface area contributed by atoms with E-state index in [0.717, 1.165) is 39.3 Å². The maximum atomic E-state index is 6.00. The van der Waals surface area contributed by atoms with E-state index in [9.17, 15) is 0 Å². The lowest BCUT2D eigenvalue weighted by molar-refractivity contribution is 0.414. The minimum absolute atomic E-state index is 0.151.